The molecule has 26 heavy (non-hydrogen) atoms. The molecule has 1 aliphatic carbocycles. The number of hydrazine groups is 1. The number of benzene rings is 1. The summed E-state index contributed by atoms with van der Waals surface area (Å²) in [4.78, 5) is 12.3. The predicted molar refractivity (Wildman–Crippen MR) is 106 cm³/mol. The number of hydrogen-bond acceptors (Lipinski definition) is 4. The lowest BCUT2D eigenvalue weighted by Gasteiger charge is -2.35. The average Bonchev–Trinajstić information content (AvgIpc) is 2.64. The summed E-state index contributed by atoms with van der Waals surface area (Å²) in [5.74, 6) is 2.06. The van der Waals surface area contributed by atoms with Crippen molar-refractivity contribution in [2.45, 2.75) is 46.1 Å². The van der Waals surface area contributed by atoms with Gasteiger partial charge in [0.05, 0.1) is 13.7 Å². The Bertz CT molecular complexity index is 638. The van der Waals surface area contributed by atoms with Crippen LogP contribution in [0.4, 0.5) is 0 Å². The maximum Gasteiger partial charge on any atom is 0.269 e. The lowest BCUT2D eigenvalue weighted by Crippen LogP contribution is -2.52. The van der Waals surface area contributed by atoms with Gasteiger partial charge < -0.3 is 14.8 Å². The van der Waals surface area contributed by atoms with Crippen molar-refractivity contribution < 1.29 is 14.3 Å². The minimum Gasteiger partial charge on any atom is -0.493 e. The van der Waals surface area contributed by atoms with Crippen LogP contribution >= 0.6 is 12.2 Å². The molecule has 0 radical (unpaired) electrons. The Balaban J connectivity index is 1.88. The number of hydrogen-bond donors (Lipinski definition) is 3. The second-order valence-electron chi connectivity index (χ2n) is 6.73. The zero-order chi connectivity index (χ0) is 19.1. The summed E-state index contributed by atoms with van der Waals surface area (Å²) in [6.07, 6.45) is 3.55. The van der Waals surface area contributed by atoms with E-state index < -0.39 is 0 Å². The van der Waals surface area contributed by atoms with Gasteiger partial charge in [0.1, 0.15) is 0 Å². The van der Waals surface area contributed by atoms with Crippen molar-refractivity contribution in [3.8, 4) is 11.5 Å². The van der Waals surface area contributed by atoms with Gasteiger partial charge in [-0.15, -0.1) is 0 Å². The maximum atomic E-state index is 12.3. The number of ether oxygens (including phenoxy) is 2. The number of carbonyl (C=O) groups excluding carboxylic acids is 1. The molecular weight excluding hydrogens is 350 g/mol. The predicted octanol–water partition coefficient (Wildman–Crippen LogP) is 3.03. The van der Waals surface area contributed by atoms with E-state index in [1.54, 1.807) is 25.3 Å². The highest BCUT2D eigenvalue weighted by molar-refractivity contribution is 7.80. The van der Waals surface area contributed by atoms with Crippen LogP contribution in [0.1, 0.15) is 50.4 Å². The van der Waals surface area contributed by atoms with Crippen molar-refractivity contribution in [2.24, 2.45) is 11.8 Å². The van der Waals surface area contributed by atoms with Crippen LogP contribution in [-0.4, -0.2) is 30.8 Å². The van der Waals surface area contributed by atoms with Gasteiger partial charge in [0.25, 0.3) is 5.91 Å². The third-order valence-electron chi connectivity index (χ3n) is 5.04. The van der Waals surface area contributed by atoms with Gasteiger partial charge >= 0.3 is 0 Å². The SMILES string of the molecule is CCOc1ccc(C(=O)NNC(=S)N[C@@H]2CCC[C@H](C)[C@@H]2C)cc1OC. The van der Waals surface area contributed by atoms with Gasteiger partial charge in [0.2, 0.25) is 0 Å². The molecule has 1 saturated carbocycles. The van der Waals surface area contributed by atoms with Gasteiger partial charge in [-0.2, -0.15) is 0 Å². The first-order chi connectivity index (χ1) is 12.5. The van der Waals surface area contributed by atoms with Crippen molar-refractivity contribution in [2.75, 3.05) is 13.7 Å². The van der Waals surface area contributed by atoms with Crippen molar-refractivity contribution in [1.29, 1.82) is 0 Å². The molecule has 7 heteroatoms. The maximum absolute atomic E-state index is 12.3. The van der Waals surface area contributed by atoms with Gasteiger partial charge in [0, 0.05) is 11.6 Å². The standard InChI is InChI=1S/C19H29N3O3S/c1-5-25-16-10-9-14(11-17(16)24-4)18(23)21-22-19(26)20-15-8-6-7-12(2)13(15)3/h9-13,15H,5-8H2,1-4H3,(H,21,23)(H2,20,22,26)/t12-,13-,15+/m0/s1. The van der Waals surface area contributed by atoms with Crippen molar-refractivity contribution in [3.05, 3.63) is 23.8 Å². The number of amides is 1. The first kappa shape index (κ1) is 20.3. The number of carbonyl (C=O) groups is 1. The first-order valence-corrected chi connectivity index (χ1v) is 9.54. The lowest BCUT2D eigenvalue weighted by atomic mass is 9.78. The summed E-state index contributed by atoms with van der Waals surface area (Å²) in [5.41, 5.74) is 5.88. The monoisotopic (exact) mass is 379 g/mol. The van der Waals surface area contributed by atoms with E-state index in [0.29, 0.717) is 46.7 Å². The Morgan fingerprint density at radius 1 is 1.23 bits per heavy atom. The number of thiocarbonyl (C=S) groups is 1. The molecule has 2 rings (SSSR count). The Kier molecular flexibility index (Phi) is 7.50. The van der Waals surface area contributed by atoms with Crippen molar-refractivity contribution in [1.82, 2.24) is 16.2 Å². The minimum atomic E-state index is -0.291. The van der Waals surface area contributed by atoms with Crippen LogP contribution in [-0.2, 0) is 0 Å². The Hall–Kier alpha value is -2.02. The largest absolute Gasteiger partial charge is 0.493 e. The topological polar surface area (TPSA) is 71.6 Å². The Labute approximate surface area is 161 Å². The smallest absolute Gasteiger partial charge is 0.269 e. The van der Waals surface area contributed by atoms with Gasteiger partial charge in [-0.3, -0.25) is 15.6 Å². The van der Waals surface area contributed by atoms with Gasteiger partial charge in [-0.25, -0.2) is 0 Å². The molecule has 0 spiro atoms. The lowest BCUT2D eigenvalue weighted by molar-refractivity contribution is 0.0942. The molecule has 144 valence electrons. The quantitative estimate of drug-likeness (QED) is 0.540. The molecule has 1 aromatic rings. The normalized spacial score (nSPS) is 22.2. The molecular formula is C19H29N3O3S. The van der Waals surface area contributed by atoms with Crippen LogP contribution in [0.5, 0.6) is 11.5 Å². The van der Waals surface area contributed by atoms with E-state index in [1.807, 2.05) is 6.92 Å². The molecule has 1 aromatic carbocycles. The number of methoxy groups -OCH3 is 1. The molecule has 0 saturated heterocycles. The van der Waals surface area contributed by atoms with Crippen LogP contribution in [0.15, 0.2) is 18.2 Å². The summed E-state index contributed by atoms with van der Waals surface area (Å²) in [7, 11) is 1.54. The molecule has 0 bridgehead atoms. The molecule has 6 nitrogen and oxygen atoms in total. The zero-order valence-electron chi connectivity index (χ0n) is 15.9. The molecule has 1 fully saturated rings. The highest BCUT2D eigenvalue weighted by Crippen LogP contribution is 2.29. The van der Waals surface area contributed by atoms with E-state index in [2.05, 4.69) is 30.0 Å². The van der Waals surface area contributed by atoms with E-state index >= 15 is 0 Å². The van der Waals surface area contributed by atoms with E-state index in [4.69, 9.17) is 21.7 Å². The third kappa shape index (κ3) is 5.24. The van der Waals surface area contributed by atoms with E-state index in [9.17, 15) is 4.79 Å². The Morgan fingerprint density at radius 2 is 2.00 bits per heavy atom. The molecule has 3 atom stereocenters. The van der Waals surface area contributed by atoms with Crippen LogP contribution in [0.25, 0.3) is 0 Å². The van der Waals surface area contributed by atoms with E-state index in [0.717, 1.165) is 6.42 Å². The first-order valence-electron chi connectivity index (χ1n) is 9.14. The van der Waals surface area contributed by atoms with Gasteiger partial charge in [-0.05, 0) is 55.6 Å². The summed E-state index contributed by atoms with van der Waals surface area (Å²) in [6.45, 7) is 6.94. The minimum absolute atomic E-state index is 0.291. The third-order valence-corrected chi connectivity index (χ3v) is 5.26. The average molecular weight is 380 g/mol. The summed E-state index contributed by atoms with van der Waals surface area (Å²) >= 11 is 5.32. The molecule has 0 heterocycles. The summed E-state index contributed by atoms with van der Waals surface area (Å²) < 4.78 is 10.7. The van der Waals surface area contributed by atoms with Crippen molar-refractivity contribution in [3.63, 3.8) is 0 Å². The molecule has 0 aliphatic heterocycles. The highest BCUT2D eigenvalue weighted by atomic mass is 32.1. The van der Waals surface area contributed by atoms with Gasteiger partial charge in [-0.1, -0.05) is 26.7 Å². The Morgan fingerprint density at radius 3 is 2.69 bits per heavy atom. The molecule has 0 unspecified atom stereocenters. The second-order valence-corrected chi connectivity index (χ2v) is 7.13. The fraction of sp³-hybridized carbons (Fsp3) is 0.579. The summed E-state index contributed by atoms with van der Waals surface area (Å²) in [5, 5.41) is 3.75. The van der Waals surface area contributed by atoms with E-state index in [-0.39, 0.29) is 5.91 Å². The highest BCUT2D eigenvalue weighted by Gasteiger charge is 2.27. The second kappa shape index (κ2) is 9.62. The molecule has 0 aromatic heterocycles. The van der Waals surface area contributed by atoms with E-state index in [1.165, 1.54) is 12.8 Å². The van der Waals surface area contributed by atoms with Crippen LogP contribution in [0.2, 0.25) is 0 Å². The fourth-order valence-electron chi connectivity index (χ4n) is 3.26. The number of rotatable bonds is 5. The summed E-state index contributed by atoms with van der Waals surface area (Å²) in [6, 6.07) is 5.38. The van der Waals surface area contributed by atoms with Crippen LogP contribution in [0.3, 0.4) is 0 Å². The van der Waals surface area contributed by atoms with Gasteiger partial charge in [0.15, 0.2) is 16.6 Å². The fourth-order valence-corrected chi connectivity index (χ4v) is 3.46. The van der Waals surface area contributed by atoms with Crippen LogP contribution < -0.4 is 25.6 Å². The zero-order valence-corrected chi connectivity index (χ0v) is 16.7. The molecule has 1 amide bonds. The molecule has 1 aliphatic rings. The number of nitrogens with one attached hydrogen (secondary N) is 3. The van der Waals surface area contributed by atoms with Crippen LogP contribution in [0, 0.1) is 11.8 Å². The molecule has 3 N–H and O–H groups in total. The van der Waals surface area contributed by atoms with Crippen molar-refractivity contribution >= 4 is 23.2 Å².